The Morgan fingerprint density at radius 1 is 1.35 bits per heavy atom. The molecule has 0 aliphatic carbocycles. The van der Waals surface area contributed by atoms with Gasteiger partial charge in [0, 0.05) is 0 Å². The van der Waals surface area contributed by atoms with Gasteiger partial charge in [0.15, 0.2) is 0 Å². The first-order valence-corrected chi connectivity index (χ1v) is 8.14. The molecule has 0 aromatic heterocycles. The average Bonchev–Trinajstić information content (AvgIpc) is 2.48. The van der Waals surface area contributed by atoms with Crippen LogP contribution >= 0.6 is 0 Å². The number of nitrogens with one attached hydrogen (secondary N) is 1. The van der Waals surface area contributed by atoms with Crippen LogP contribution in [0.5, 0.6) is 0 Å². The van der Waals surface area contributed by atoms with Crippen molar-refractivity contribution in [1.82, 2.24) is 10.2 Å². The Bertz CT molecular complexity index is 288. The topological polar surface area (TPSA) is 41.6 Å². The molecule has 0 radical (unpaired) electrons. The number of likely N-dealkylation sites (N-methyl/N-ethyl adjacent to an activating group) is 1. The van der Waals surface area contributed by atoms with Crippen molar-refractivity contribution in [3.63, 3.8) is 0 Å². The van der Waals surface area contributed by atoms with Crippen LogP contribution in [0.2, 0.25) is 0 Å². The number of carbonyl (C=O) groups is 1. The van der Waals surface area contributed by atoms with Gasteiger partial charge in [0.1, 0.15) is 5.54 Å². The second kappa shape index (κ2) is 8.63. The molecule has 0 aromatic rings. The summed E-state index contributed by atoms with van der Waals surface area (Å²) in [6.07, 6.45) is 5.84. The number of hydrogen-bond donors (Lipinski definition) is 1. The van der Waals surface area contributed by atoms with E-state index >= 15 is 0 Å². The third-order valence-corrected chi connectivity index (χ3v) is 4.71. The number of nitrogens with zero attached hydrogens (tertiary/aromatic N) is 1. The lowest BCUT2D eigenvalue weighted by molar-refractivity contribution is -0.150. The summed E-state index contributed by atoms with van der Waals surface area (Å²) in [6.45, 7) is 10.0. The molecule has 4 heteroatoms. The van der Waals surface area contributed by atoms with Crippen LogP contribution in [0.3, 0.4) is 0 Å². The minimum atomic E-state index is -0.544. The first-order chi connectivity index (χ1) is 9.55. The number of esters is 1. The summed E-state index contributed by atoms with van der Waals surface area (Å²) in [5, 5.41) is 3.12. The molecular weight excluding hydrogens is 252 g/mol. The molecule has 1 unspecified atom stereocenters. The molecule has 0 aromatic carbocycles. The lowest BCUT2D eigenvalue weighted by Gasteiger charge is -2.33. The highest BCUT2D eigenvalue weighted by atomic mass is 16.5. The van der Waals surface area contributed by atoms with Crippen molar-refractivity contribution in [1.29, 1.82) is 0 Å². The number of hydrogen-bond acceptors (Lipinski definition) is 4. The van der Waals surface area contributed by atoms with Gasteiger partial charge in [0.25, 0.3) is 0 Å². The van der Waals surface area contributed by atoms with E-state index in [0.717, 1.165) is 25.3 Å². The van der Waals surface area contributed by atoms with Gasteiger partial charge in [-0.2, -0.15) is 0 Å². The maximum Gasteiger partial charge on any atom is 0.326 e. The minimum Gasteiger partial charge on any atom is -0.465 e. The summed E-state index contributed by atoms with van der Waals surface area (Å²) in [7, 11) is 1.84. The zero-order valence-corrected chi connectivity index (χ0v) is 13.7. The highest BCUT2D eigenvalue weighted by Crippen LogP contribution is 2.21. The lowest BCUT2D eigenvalue weighted by atomic mass is 9.93. The van der Waals surface area contributed by atoms with Gasteiger partial charge in [0.2, 0.25) is 0 Å². The Morgan fingerprint density at radius 3 is 2.50 bits per heavy atom. The van der Waals surface area contributed by atoms with Crippen LogP contribution in [0, 0.1) is 5.92 Å². The SMILES string of the molecule is CCOC(=O)C(C)(CCCN1CCC(CC)CC1)NC. The number of ether oxygens (including phenoxy) is 1. The molecule has 0 saturated carbocycles. The first-order valence-electron chi connectivity index (χ1n) is 8.14. The molecule has 1 saturated heterocycles. The van der Waals surface area contributed by atoms with Crippen molar-refractivity contribution < 1.29 is 9.53 Å². The molecule has 1 fully saturated rings. The summed E-state index contributed by atoms with van der Waals surface area (Å²) in [4.78, 5) is 14.5. The zero-order chi connectivity index (χ0) is 15.0. The quantitative estimate of drug-likeness (QED) is 0.695. The van der Waals surface area contributed by atoms with Crippen molar-refractivity contribution in [2.75, 3.05) is 33.3 Å². The smallest absolute Gasteiger partial charge is 0.326 e. The second-order valence-electron chi connectivity index (χ2n) is 6.10. The van der Waals surface area contributed by atoms with E-state index in [4.69, 9.17) is 4.74 Å². The molecule has 0 amide bonds. The highest BCUT2D eigenvalue weighted by molar-refractivity contribution is 5.80. The van der Waals surface area contributed by atoms with Crippen LogP contribution in [0.25, 0.3) is 0 Å². The average molecular weight is 284 g/mol. The predicted octanol–water partition coefficient (Wildman–Crippen LogP) is 2.43. The Kier molecular flexibility index (Phi) is 7.52. The van der Waals surface area contributed by atoms with Crippen LogP contribution in [0.1, 0.15) is 52.9 Å². The van der Waals surface area contributed by atoms with E-state index in [2.05, 4.69) is 17.1 Å². The predicted molar refractivity (Wildman–Crippen MR) is 82.8 cm³/mol. The van der Waals surface area contributed by atoms with E-state index in [0.29, 0.717) is 6.61 Å². The van der Waals surface area contributed by atoms with E-state index in [-0.39, 0.29) is 5.97 Å². The number of piperidine rings is 1. The van der Waals surface area contributed by atoms with Gasteiger partial charge in [0.05, 0.1) is 6.61 Å². The fourth-order valence-corrected chi connectivity index (χ4v) is 2.89. The van der Waals surface area contributed by atoms with Gasteiger partial charge in [-0.15, -0.1) is 0 Å². The molecule has 1 aliphatic heterocycles. The third kappa shape index (κ3) is 5.06. The summed E-state index contributed by atoms with van der Waals surface area (Å²) >= 11 is 0. The summed E-state index contributed by atoms with van der Waals surface area (Å²) < 4.78 is 5.15. The Morgan fingerprint density at radius 2 is 2.00 bits per heavy atom. The monoisotopic (exact) mass is 284 g/mol. The largest absolute Gasteiger partial charge is 0.465 e. The minimum absolute atomic E-state index is 0.132. The van der Waals surface area contributed by atoms with Crippen molar-refractivity contribution in [2.45, 2.75) is 58.4 Å². The van der Waals surface area contributed by atoms with Crippen molar-refractivity contribution >= 4 is 5.97 Å². The molecule has 0 spiro atoms. The van der Waals surface area contributed by atoms with E-state index in [1.165, 1.54) is 32.4 Å². The second-order valence-corrected chi connectivity index (χ2v) is 6.10. The molecule has 1 N–H and O–H groups in total. The van der Waals surface area contributed by atoms with Gasteiger partial charge >= 0.3 is 5.97 Å². The molecule has 118 valence electrons. The highest BCUT2D eigenvalue weighted by Gasteiger charge is 2.32. The molecule has 20 heavy (non-hydrogen) atoms. The zero-order valence-electron chi connectivity index (χ0n) is 13.7. The summed E-state index contributed by atoms with van der Waals surface area (Å²) in [5.41, 5.74) is -0.544. The van der Waals surface area contributed by atoms with Crippen LogP contribution < -0.4 is 5.32 Å². The van der Waals surface area contributed by atoms with E-state index in [1.807, 2.05) is 20.9 Å². The molecule has 1 rings (SSSR count). The van der Waals surface area contributed by atoms with E-state index in [9.17, 15) is 4.79 Å². The molecule has 1 heterocycles. The number of rotatable bonds is 8. The normalized spacial score (nSPS) is 20.6. The number of likely N-dealkylation sites (tertiary alicyclic amines) is 1. The van der Waals surface area contributed by atoms with Crippen molar-refractivity contribution in [2.24, 2.45) is 5.92 Å². The van der Waals surface area contributed by atoms with Gasteiger partial charge < -0.3 is 15.0 Å². The fourth-order valence-electron chi connectivity index (χ4n) is 2.89. The number of carbonyl (C=O) groups excluding carboxylic acids is 1. The van der Waals surface area contributed by atoms with Crippen LogP contribution in [0.4, 0.5) is 0 Å². The van der Waals surface area contributed by atoms with Crippen LogP contribution in [-0.2, 0) is 9.53 Å². The molecule has 1 aliphatic rings. The lowest BCUT2D eigenvalue weighted by Crippen LogP contribution is -2.49. The Hall–Kier alpha value is -0.610. The fraction of sp³-hybridized carbons (Fsp3) is 0.938. The summed E-state index contributed by atoms with van der Waals surface area (Å²) in [5.74, 6) is 0.792. The standard InChI is InChI=1S/C16H32N2O2/c1-5-14-8-12-18(13-9-14)11-7-10-16(3,17-4)15(19)20-6-2/h14,17H,5-13H2,1-4H3. The molecule has 0 bridgehead atoms. The van der Waals surface area contributed by atoms with Crippen molar-refractivity contribution in [3.8, 4) is 0 Å². The summed E-state index contributed by atoms with van der Waals surface area (Å²) in [6, 6.07) is 0. The Labute approximate surface area is 124 Å². The van der Waals surface area contributed by atoms with Crippen LogP contribution in [0.15, 0.2) is 0 Å². The first kappa shape index (κ1) is 17.4. The van der Waals surface area contributed by atoms with Gasteiger partial charge in [-0.05, 0) is 72.1 Å². The van der Waals surface area contributed by atoms with E-state index in [1.54, 1.807) is 0 Å². The maximum atomic E-state index is 12.0. The van der Waals surface area contributed by atoms with Gasteiger partial charge in [-0.25, -0.2) is 0 Å². The maximum absolute atomic E-state index is 12.0. The van der Waals surface area contributed by atoms with Crippen molar-refractivity contribution in [3.05, 3.63) is 0 Å². The third-order valence-electron chi connectivity index (χ3n) is 4.71. The van der Waals surface area contributed by atoms with Gasteiger partial charge in [-0.1, -0.05) is 13.3 Å². The molecule has 1 atom stereocenters. The van der Waals surface area contributed by atoms with Crippen LogP contribution in [-0.4, -0.2) is 49.7 Å². The Balaban J connectivity index is 2.29. The van der Waals surface area contributed by atoms with E-state index < -0.39 is 5.54 Å². The molecular formula is C16H32N2O2. The molecule has 4 nitrogen and oxygen atoms in total. The van der Waals surface area contributed by atoms with Gasteiger partial charge in [-0.3, -0.25) is 4.79 Å².